The maximum atomic E-state index is 5.31. The van der Waals surface area contributed by atoms with Crippen molar-refractivity contribution in [2.45, 2.75) is 20.1 Å². The van der Waals surface area contributed by atoms with Crippen molar-refractivity contribution >= 4 is 12.6 Å². The Balaban J connectivity index is 3.40. The molecule has 0 aliphatic heterocycles. The van der Waals surface area contributed by atoms with Gasteiger partial charge in [-0.25, -0.2) is 0 Å². The number of ether oxygens (including phenoxy) is 3. The lowest BCUT2D eigenvalue weighted by Crippen LogP contribution is -2.24. The summed E-state index contributed by atoms with van der Waals surface area (Å²) in [6, 6.07) is 0. The molecule has 0 aromatic heterocycles. The Morgan fingerprint density at radius 3 is 2.42 bits per heavy atom. The Hall–Kier alpha value is 0.230. The van der Waals surface area contributed by atoms with Crippen LogP contribution in [0.3, 0.4) is 0 Å². The lowest BCUT2D eigenvalue weighted by atomic mass is 10.6. The standard InChI is InChI=1S/C8H18O3S/c1-3-9-7-8(10-4-2)11-5-6-12/h8,12H,3-7H2,1-2H3. The third-order valence-electron chi connectivity index (χ3n) is 1.21. The van der Waals surface area contributed by atoms with Crippen molar-refractivity contribution in [3.8, 4) is 0 Å². The van der Waals surface area contributed by atoms with E-state index in [4.69, 9.17) is 14.2 Å². The quantitative estimate of drug-likeness (QED) is 0.466. The van der Waals surface area contributed by atoms with Crippen molar-refractivity contribution in [2.75, 3.05) is 32.2 Å². The van der Waals surface area contributed by atoms with E-state index in [1.54, 1.807) is 0 Å². The molecule has 12 heavy (non-hydrogen) atoms. The minimum atomic E-state index is -0.234. The Morgan fingerprint density at radius 2 is 1.92 bits per heavy atom. The van der Waals surface area contributed by atoms with Gasteiger partial charge in [0.1, 0.15) is 0 Å². The van der Waals surface area contributed by atoms with Gasteiger partial charge in [-0.3, -0.25) is 0 Å². The van der Waals surface area contributed by atoms with Crippen LogP contribution in [0.25, 0.3) is 0 Å². The predicted molar refractivity (Wildman–Crippen MR) is 51.7 cm³/mol. The summed E-state index contributed by atoms with van der Waals surface area (Å²) in [6.07, 6.45) is -0.234. The smallest absolute Gasteiger partial charge is 0.180 e. The van der Waals surface area contributed by atoms with E-state index in [1.165, 1.54) is 0 Å². The Bertz CT molecular complexity index is 82.4. The van der Waals surface area contributed by atoms with E-state index < -0.39 is 0 Å². The maximum Gasteiger partial charge on any atom is 0.180 e. The zero-order valence-corrected chi connectivity index (χ0v) is 8.68. The monoisotopic (exact) mass is 194 g/mol. The Labute approximate surface area is 79.8 Å². The van der Waals surface area contributed by atoms with E-state index in [1.807, 2.05) is 13.8 Å². The molecule has 0 fully saturated rings. The molecule has 1 unspecified atom stereocenters. The predicted octanol–water partition coefficient (Wildman–Crippen LogP) is 1.33. The summed E-state index contributed by atoms with van der Waals surface area (Å²) < 4.78 is 15.7. The van der Waals surface area contributed by atoms with Gasteiger partial charge >= 0.3 is 0 Å². The number of hydrogen-bond acceptors (Lipinski definition) is 4. The molecule has 74 valence electrons. The molecule has 0 aromatic rings. The van der Waals surface area contributed by atoms with Crippen LogP contribution in [0.2, 0.25) is 0 Å². The first kappa shape index (κ1) is 12.2. The summed E-state index contributed by atoms with van der Waals surface area (Å²) in [5.41, 5.74) is 0. The van der Waals surface area contributed by atoms with Crippen LogP contribution in [-0.2, 0) is 14.2 Å². The van der Waals surface area contributed by atoms with Gasteiger partial charge in [-0.15, -0.1) is 0 Å². The second-order valence-electron chi connectivity index (χ2n) is 2.14. The van der Waals surface area contributed by atoms with Crippen molar-refractivity contribution < 1.29 is 14.2 Å². The number of thiol groups is 1. The van der Waals surface area contributed by atoms with Gasteiger partial charge in [-0.05, 0) is 13.8 Å². The molecule has 0 N–H and O–H groups in total. The fourth-order valence-corrected chi connectivity index (χ4v) is 0.834. The van der Waals surface area contributed by atoms with Crippen LogP contribution in [0.1, 0.15) is 13.8 Å². The molecule has 0 spiro atoms. The average Bonchev–Trinajstić information content (AvgIpc) is 2.10. The lowest BCUT2D eigenvalue weighted by Gasteiger charge is -2.16. The Kier molecular flexibility index (Phi) is 9.50. The van der Waals surface area contributed by atoms with Gasteiger partial charge in [0.15, 0.2) is 6.29 Å². The normalized spacial score (nSPS) is 13.2. The van der Waals surface area contributed by atoms with E-state index >= 15 is 0 Å². The minimum absolute atomic E-state index is 0.234. The molecule has 0 heterocycles. The topological polar surface area (TPSA) is 27.7 Å². The molecule has 0 bridgehead atoms. The molecule has 0 rings (SSSR count). The summed E-state index contributed by atoms with van der Waals surface area (Å²) >= 11 is 4.03. The van der Waals surface area contributed by atoms with Crippen LogP contribution in [0, 0.1) is 0 Å². The molecule has 0 aliphatic rings. The molecule has 4 heteroatoms. The highest BCUT2D eigenvalue weighted by Crippen LogP contribution is 1.96. The second-order valence-corrected chi connectivity index (χ2v) is 2.59. The van der Waals surface area contributed by atoms with Gasteiger partial charge in [0.25, 0.3) is 0 Å². The minimum Gasteiger partial charge on any atom is -0.376 e. The van der Waals surface area contributed by atoms with Gasteiger partial charge in [-0.1, -0.05) is 0 Å². The lowest BCUT2D eigenvalue weighted by molar-refractivity contribution is -0.165. The van der Waals surface area contributed by atoms with E-state index in [0.29, 0.717) is 32.2 Å². The first-order valence-electron chi connectivity index (χ1n) is 4.26. The molecule has 1 atom stereocenters. The van der Waals surface area contributed by atoms with Crippen molar-refractivity contribution in [2.24, 2.45) is 0 Å². The van der Waals surface area contributed by atoms with Gasteiger partial charge in [0.05, 0.1) is 13.2 Å². The third kappa shape index (κ3) is 6.91. The van der Waals surface area contributed by atoms with Crippen LogP contribution in [-0.4, -0.2) is 38.5 Å². The molecular weight excluding hydrogens is 176 g/mol. The van der Waals surface area contributed by atoms with Gasteiger partial charge in [-0.2, -0.15) is 12.6 Å². The fraction of sp³-hybridized carbons (Fsp3) is 1.00. The van der Waals surface area contributed by atoms with Crippen molar-refractivity contribution in [3.05, 3.63) is 0 Å². The van der Waals surface area contributed by atoms with Gasteiger partial charge in [0.2, 0.25) is 0 Å². The zero-order valence-electron chi connectivity index (χ0n) is 7.78. The van der Waals surface area contributed by atoms with E-state index in [0.717, 1.165) is 0 Å². The first-order chi connectivity index (χ1) is 5.85. The molecule has 3 nitrogen and oxygen atoms in total. The van der Waals surface area contributed by atoms with Crippen molar-refractivity contribution in [3.63, 3.8) is 0 Å². The number of rotatable bonds is 8. The molecule has 0 aromatic carbocycles. The second kappa shape index (κ2) is 9.32. The first-order valence-corrected chi connectivity index (χ1v) is 4.90. The molecule has 0 saturated heterocycles. The van der Waals surface area contributed by atoms with Crippen LogP contribution in [0.5, 0.6) is 0 Å². The molecule has 0 amide bonds. The third-order valence-corrected chi connectivity index (χ3v) is 1.39. The molecule has 0 aliphatic carbocycles. The fourth-order valence-electron chi connectivity index (χ4n) is 0.728. The average molecular weight is 194 g/mol. The summed E-state index contributed by atoms with van der Waals surface area (Å²) in [4.78, 5) is 0. The summed E-state index contributed by atoms with van der Waals surface area (Å²) in [5, 5.41) is 0. The van der Waals surface area contributed by atoms with Crippen LogP contribution < -0.4 is 0 Å². The van der Waals surface area contributed by atoms with E-state index in [9.17, 15) is 0 Å². The highest BCUT2D eigenvalue weighted by molar-refractivity contribution is 7.80. The molecular formula is C8H18O3S. The van der Waals surface area contributed by atoms with Gasteiger partial charge in [0, 0.05) is 19.0 Å². The van der Waals surface area contributed by atoms with Crippen LogP contribution in [0.4, 0.5) is 0 Å². The SMILES string of the molecule is CCOCC(OCC)OCCS. The highest BCUT2D eigenvalue weighted by atomic mass is 32.1. The van der Waals surface area contributed by atoms with E-state index in [2.05, 4.69) is 12.6 Å². The van der Waals surface area contributed by atoms with Crippen LogP contribution in [0.15, 0.2) is 0 Å². The highest BCUT2D eigenvalue weighted by Gasteiger charge is 2.06. The number of hydrogen-bond donors (Lipinski definition) is 1. The van der Waals surface area contributed by atoms with Crippen LogP contribution >= 0.6 is 12.6 Å². The summed E-state index contributed by atoms with van der Waals surface area (Å²) in [7, 11) is 0. The van der Waals surface area contributed by atoms with E-state index in [-0.39, 0.29) is 6.29 Å². The summed E-state index contributed by atoms with van der Waals surface area (Å²) in [5.74, 6) is 0.704. The molecule has 0 saturated carbocycles. The van der Waals surface area contributed by atoms with Crippen molar-refractivity contribution in [1.82, 2.24) is 0 Å². The Morgan fingerprint density at radius 1 is 1.17 bits per heavy atom. The maximum absolute atomic E-state index is 5.31. The summed E-state index contributed by atoms with van der Waals surface area (Å²) in [6.45, 7) is 6.31. The largest absolute Gasteiger partial charge is 0.376 e. The van der Waals surface area contributed by atoms with Gasteiger partial charge < -0.3 is 14.2 Å². The molecule has 0 radical (unpaired) electrons. The van der Waals surface area contributed by atoms with Crippen molar-refractivity contribution in [1.29, 1.82) is 0 Å². The zero-order chi connectivity index (χ0) is 9.23.